The Morgan fingerprint density at radius 3 is 2.60 bits per heavy atom. The maximum Gasteiger partial charge on any atom is 0.335 e. The van der Waals surface area contributed by atoms with Gasteiger partial charge in [-0.05, 0) is 59.9 Å². The zero-order valence-corrected chi connectivity index (χ0v) is 20.7. The molecule has 0 unspecified atom stereocenters. The molecule has 4 aromatic rings. The van der Waals surface area contributed by atoms with E-state index in [4.69, 9.17) is 4.74 Å². The summed E-state index contributed by atoms with van der Waals surface area (Å²) in [5, 5.41) is 15.8. The number of benzene rings is 4. The SMILES string of the molecule is Cc1ccc([C@H]2C[C@H](CN[C@H](C)c3cccc4ccccc34)Oc3ccccc32)cc1C(=O)O.Cl. The van der Waals surface area contributed by atoms with E-state index in [1.54, 1.807) is 0 Å². The van der Waals surface area contributed by atoms with Gasteiger partial charge in [0.25, 0.3) is 0 Å². The molecule has 0 bridgehead atoms. The molecule has 0 saturated heterocycles. The van der Waals surface area contributed by atoms with Gasteiger partial charge in [-0.2, -0.15) is 0 Å². The van der Waals surface area contributed by atoms with E-state index >= 15 is 0 Å². The molecule has 0 aromatic heterocycles. The lowest BCUT2D eigenvalue weighted by molar-refractivity contribution is 0.0696. The lowest BCUT2D eigenvalue weighted by Gasteiger charge is -2.33. The van der Waals surface area contributed by atoms with Crippen molar-refractivity contribution in [2.45, 2.75) is 38.3 Å². The van der Waals surface area contributed by atoms with Gasteiger partial charge < -0.3 is 15.2 Å². The van der Waals surface area contributed by atoms with Crippen molar-refractivity contribution in [3.63, 3.8) is 0 Å². The van der Waals surface area contributed by atoms with Crippen LogP contribution in [0.3, 0.4) is 0 Å². The van der Waals surface area contributed by atoms with Crippen molar-refractivity contribution in [2.24, 2.45) is 0 Å². The van der Waals surface area contributed by atoms with Gasteiger partial charge in [0.1, 0.15) is 11.9 Å². The molecule has 5 rings (SSSR count). The van der Waals surface area contributed by atoms with Gasteiger partial charge in [-0.15, -0.1) is 12.4 Å². The third kappa shape index (κ3) is 5.04. The predicted octanol–water partition coefficient (Wildman–Crippen LogP) is 6.90. The van der Waals surface area contributed by atoms with Gasteiger partial charge in [-0.3, -0.25) is 0 Å². The first-order chi connectivity index (χ1) is 16.5. The fourth-order valence-electron chi connectivity index (χ4n) is 5.07. The monoisotopic (exact) mass is 487 g/mol. The van der Waals surface area contributed by atoms with Crippen LogP contribution >= 0.6 is 12.4 Å². The highest BCUT2D eigenvalue weighted by atomic mass is 35.5. The van der Waals surface area contributed by atoms with Crippen LogP contribution in [0.4, 0.5) is 0 Å². The van der Waals surface area contributed by atoms with Crippen LogP contribution in [0.5, 0.6) is 5.75 Å². The van der Waals surface area contributed by atoms with E-state index in [1.807, 2.05) is 37.3 Å². The molecule has 2 N–H and O–H groups in total. The molecule has 35 heavy (non-hydrogen) atoms. The Morgan fingerprint density at radius 1 is 1.03 bits per heavy atom. The number of fused-ring (bicyclic) bond motifs is 2. The minimum Gasteiger partial charge on any atom is -0.489 e. The molecule has 4 aromatic carbocycles. The highest BCUT2D eigenvalue weighted by Gasteiger charge is 2.30. The summed E-state index contributed by atoms with van der Waals surface area (Å²) >= 11 is 0. The van der Waals surface area contributed by atoms with Crippen LogP contribution < -0.4 is 10.1 Å². The molecular formula is C30H30ClNO3. The van der Waals surface area contributed by atoms with Crippen LogP contribution in [-0.2, 0) is 0 Å². The highest BCUT2D eigenvalue weighted by Crippen LogP contribution is 2.40. The third-order valence-electron chi connectivity index (χ3n) is 6.92. The summed E-state index contributed by atoms with van der Waals surface area (Å²) in [4.78, 5) is 11.7. The quantitative estimate of drug-likeness (QED) is 0.310. The third-order valence-corrected chi connectivity index (χ3v) is 6.92. The summed E-state index contributed by atoms with van der Waals surface area (Å²) < 4.78 is 6.38. The van der Waals surface area contributed by atoms with E-state index in [0.717, 1.165) is 28.9 Å². The molecule has 0 radical (unpaired) electrons. The second-order valence-electron chi connectivity index (χ2n) is 9.14. The van der Waals surface area contributed by atoms with Gasteiger partial charge in [-0.25, -0.2) is 4.79 Å². The molecule has 4 nitrogen and oxygen atoms in total. The number of carboxylic acid groups (broad SMARTS) is 1. The summed E-state index contributed by atoms with van der Waals surface area (Å²) in [6.07, 6.45) is 0.765. The van der Waals surface area contributed by atoms with Crippen molar-refractivity contribution in [3.05, 3.63) is 113 Å². The smallest absolute Gasteiger partial charge is 0.335 e. The minimum absolute atomic E-state index is 0. The second kappa shape index (κ2) is 10.5. The van der Waals surface area contributed by atoms with Crippen LogP contribution in [0.25, 0.3) is 10.8 Å². The van der Waals surface area contributed by atoms with Crippen LogP contribution in [0.1, 0.15) is 57.9 Å². The number of hydrogen-bond donors (Lipinski definition) is 2. The van der Waals surface area contributed by atoms with Crippen molar-refractivity contribution in [2.75, 3.05) is 6.54 Å². The molecule has 0 saturated carbocycles. The Labute approximate surface area is 212 Å². The molecule has 1 aliphatic rings. The molecule has 0 aliphatic carbocycles. The Morgan fingerprint density at radius 2 is 1.77 bits per heavy atom. The van der Waals surface area contributed by atoms with Gasteiger partial charge >= 0.3 is 5.97 Å². The minimum atomic E-state index is -0.887. The number of aryl methyl sites for hydroxylation is 1. The maximum atomic E-state index is 11.7. The molecule has 3 atom stereocenters. The number of nitrogens with one attached hydrogen (secondary N) is 1. The van der Waals surface area contributed by atoms with Crippen molar-refractivity contribution >= 4 is 29.1 Å². The number of para-hydroxylation sites is 1. The molecule has 5 heteroatoms. The molecular weight excluding hydrogens is 458 g/mol. The Hall–Kier alpha value is -3.34. The Balaban J connectivity index is 0.00000289. The van der Waals surface area contributed by atoms with Crippen molar-refractivity contribution in [1.29, 1.82) is 0 Å². The standard InChI is InChI=1S/C30H29NO3.ClH/c1-19-14-15-22(16-27(19)30(32)33)28-17-23(34-29-13-6-5-11-26(28)29)18-31-20(2)24-12-7-9-21-8-3-4-10-25(21)24;/h3-16,20,23,28,31H,17-18H2,1-2H3,(H,32,33);1H/t20-,23-,28-;/m1./s1. The number of carboxylic acids is 1. The van der Waals surface area contributed by atoms with Gasteiger partial charge in [0.05, 0.1) is 5.56 Å². The number of aromatic carboxylic acids is 1. The van der Waals surface area contributed by atoms with E-state index in [1.165, 1.54) is 16.3 Å². The predicted molar refractivity (Wildman–Crippen MR) is 143 cm³/mol. The zero-order valence-electron chi connectivity index (χ0n) is 19.9. The van der Waals surface area contributed by atoms with E-state index in [2.05, 4.69) is 66.8 Å². The first-order valence-electron chi connectivity index (χ1n) is 11.8. The molecule has 1 heterocycles. The summed E-state index contributed by atoms with van der Waals surface area (Å²) in [6, 6.07) is 29.0. The Kier molecular flexibility index (Phi) is 7.44. The van der Waals surface area contributed by atoms with E-state index in [-0.39, 0.29) is 30.5 Å². The first-order valence-corrected chi connectivity index (χ1v) is 11.8. The molecule has 0 spiro atoms. The Bertz CT molecular complexity index is 1350. The van der Waals surface area contributed by atoms with Crippen LogP contribution in [0.2, 0.25) is 0 Å². The number of rotatable bonds is 6. The van der Waals surface area contributed by atoms with Gasteiger partial charge in [-0.1, -0.05) is 72.8 Å². The highest BCUT2D eigenvalue weighted by molar-refractivity contribution is 5.89. The van der Waals surface area contributed by atoms with Crippen molar-refractivity contribution in [3.8, 4) is 5.75 Å². The fourth-order valence-corrected chi connectivity index (χ4v) is 5.07. The van der Waals surface area contributed by atoms with E-state index in [0.29, 0.717) is 12.1 Å². The average molecular weight is 488 g/mol. The number of carbonyl (C=O) groups is 1. The lowest BCUT2D eigenvalue weighted by atomic mass is 9.83. The zero-order chi connectivity index (χ0) is 23.7. The second-order valence-corrected chi connectivity index (χ2v) is 9.14. The average Bonchev–Trinajstić information content (AvgIpc) is 2.86. The van der Waals surface area contributed by atoms with Crippen molar-refractivity contribution < 1.29 is 14.6 Å². The van der Waals surface area contributed by atoms with Gasteiger partial charge in [0.15, 0.2) is 0 Å². The molecule has 0 fully saturated rings. The summed E-state index contributed by atoms with van der Waals surface area (Å²) in [7, 11) is 0. The largest absolute Gasteiger partial charge is 0.489 e. The van der Waals surface area contributed by atoms with E-state index < -0.39 is 5.97 Å². The summed E-state index contributed by atoms with van der Waals surface area (Å²) in [5.41, 5.74) is 4.54. The normalized spacial score (nSPS) is 17.7. The fraction of sp³-hybridized carbons (Fsp3) is 0.233. The molecule has 1 aliphatic heterocycles. The topological polar surface area (TPSA) is 58.6 Å². The van der Waals surface area contributed by atoms with Crippen LogP contribution in [0, 0.1) is 6.92 Å². The van der Waals surface area contributed by atoms with Crippen LogP contribution in [-0.4, -0.2) is 23.7 Å². The number of hydrogen-bond acceptors (Lipinski definition) is 3. The first kappa shape index (κ1) is 24.8. The number of halogens is 1. The molecule has 180 valence electrons. The van der Waals surface area contributed by atoms with Crippen molar-refractivity contribution in [1.82, 2.24) is 5.32 Å². The maximum absolute atomic E-state index is 11.7. The summed E-state index contributed by atoms with van der Waals surface area (Å²) in [5.74, 6) is 0.0750. The summed E-state index contributed by atoms with van der Waals surface area (Å²) in [6.45, 7) is 4.73. The lowest BCUT2D eigenvalue weighted by Crippen LogP contribution is -2.37. The van der Waals surface area contributed by atoms with Crippen LogP contribution in [0.15, 0.2) is 84.9 Å². The number of ether oxygens (including phenoxy) is 1. The van der Waals surface area contributed by atoms with Gasteiger partial charge in [0.2, 0.25) is 0 Å². The van der Waals surface area contributed by atoms with E-state index in [9.17, 15) is 9.90 Å². The molecule has 0 amide bonds. The van der Waals surface area contributed by atoms with Gasteiger partial charge in [0, 0.05) is 24.1 Å².